The van der Waals surface area contributed by atoms with Crippen LogP contribution in [0.25, 0.3) is 0 Å². The van der Waals surface area contributed by atoms with Crippen molar-refractivity contribution in [3.8, 4) is 0 Å². The second kappa shape index (κ2) is 2.84. The Morgan fingerprint density at radius 1 is 1.58 bits per heavy atom. The van der Waals surface area contributed by atoms with E-state index in [1.165, 1.54) is 0 Å². The number of amides is 1. The molecule has 0 radical (unpaired) electrons. The Kier molecular flexibility index (Phi) is 1.82. The Hall–Kier alpha value is -0.940. The molecule has 4 nitrogen and oxygen atoms in total. The maximum Gasteiger partial charge on any atom is 0.275 e. The van der Waals surface area contributed by atoms with E-state index in [0.717, 1.165) is 0 Å². The van der Waals surface area contributed by atoms with Crippen molar-refractivity contribution in [1.82, 2.24) is 10.6 Å². The SMILES string of the molecule is O=C1C[S+]([O-])C2=C(C=CCN2)N1. The Labute approximate surface area is 72.9 Å². The highest BCUT2D eigenvalue weighted by Gasteiger charge is 2.29. The maximum atomic E-state index is 11.3. The van der Waals surface area contributed by atoms with Gasteiger partial charge < -0.3 is 15.2 Å². The smallest absolute Gasteiger partial charge is 0.275 e. The summed E-state index contributed by atoms with van der Waals surface area (Å²) in [6.07, 6.45) is 3.66. The van der Waals surface area contributed by atoms with E-state index in [1.54, 1.807) is 6.08 Å². The molecule has 0 bridgehead atoms. The highest BCUT2D eigenvalue weighted by atomic mass is 32.2. The third kappa shape index (κ3) is 1.21. The van der Waals surface area contributed by atoms with Gasteiger partial charge in [-0.25, -0.2) is 0 Å². The van der Waals surface area contributed by atoms with Crippen LogP contribution < -0.4 is 10.6 Å². The van der Waals surface area contributed by atoms with Gasteiger partial charge in [0.25, 0.3) is 5.91 Å². The van der Waals surface area contributed by atoms with Crippen LogP contribution in [0.2, 0.25) is 0 Å². The molecule has 2 N–H and O–H groups in total. The van der Waals surface area contributed by atoms with Crippen LogP contribution in [-0.4, -0.2) is 22.8 Å². The van der Waals surface area contributed by atoms with E-state index in [1.807, 2.05) is 6.08 Å². The number of dihydropyridines is 1. The van der Waals surface area contributed by atoms with Crippen molar-refractivity contribution in [2.45, 2.75) is 0 Å². The molecule has 64 valence electrons. The van der Waals surface area contributed by atoms with Gasteiger partial charge in [0.1, 0.15) is 5.70 Å². The van der Waals surface area contributed by atoms with Crippen molar-refractivity contribution in [3.05, 3.63) is 22.9 Å². The summed E-state index contributed by atoms with van der Waals surface area (Å²) < 4.78 is 11.3. The lowest BCUT2D eigenvalue weighted by atomic mass is 10.3. The van der Waals surface area contributed by atoms with Gasteiger partial charge in [-0.05, 0) is 6.08 Å². The summed E-state index contributed by atoms with van der Waals surface area (Å²) in [5, 5.41) is 6.27. The van der Waals surface area contributed by atoms with Crippen LogP contribution in [0.15, 0.2) is 22.9 Å². The minimum absolute atomic E-state index is 0.0691. The zero-order valence-electron chi connectivity index (χ0n) is 6.29. The summed E-state index contributed by atoms with van der Waals surface area (Å²) in [7, 11) is 0. The summed E-state index contributed by atoms with van der Waals surface area (Å²) in [5.74, 6) is -0.111. The molecule has 0 aromatic rings. The number of allylic oxidation sites excluding steroid dienone is 1. The Balaban J connectivity index is 2.33. The van der Waals surface area contributed by atoms with Crippen molar-refractivity contribution in [1.29, 1.82) is 0 Å². The molecule has 2 heterocycles. The van der Waals surface area contributed by atoms with E-state index < -0.39 is 11.2 Å². The summed E-state index contributed by atoms with van der Waals surface area (Å²) in [6.45, 7) is 0.681. The minimum atomic E-state index is -1.18. The van der Waals surface area contributed by atoms with Gasteiger partial charge >= 0.3 is 0 Å². The van der Waals surface area contributed by atoms with Gasteiger partial charge in [0.2, 0.25) is 5.03 Å². The van der Waals surface area contributed by atoms with Crippen molar-refractivity contribution < 1.29 is 9.35 Å². The highest BCUT2D eigenvalue weighted by molar-refractivity contribution is 7.95. The normalized spacial score (nSPS) is 27.8. The third-order valence-corrected chi connectivity index (χ3v) is 3.02. The molecule has 5 heteroatoms. The Morgan fingerprint density at radius 3 is 3.25 bits per heavy atom. The van der Waals surface area contributed by atoms with Crippen LogP contribution in [0.5, 0.6) is 0 Å². The topological polar surface area (TPSA) is 64.2 Å². The van der Waals surface area contributed by atoms with Gasteiger partial charge in [-0.15, -0.1) is 0 Å². The standard InChI is InChI=1S/C7H8N2O2S/c10-6-4-12(11)7-5(9-6)2-1-3-8-7/h1-2,8H,3-4H2,(H,9,10). The number of nitrogens with one attached hydrogen (secondary N) is 2. The van der Waals surface area contributed by atoms with E-state index in [0.29, 0.717) is 17.3 Å². The molecule has 2 aliphatic rings. The fraction of sp³-hybridized carbons (Fsp3) is 0.286. The van der Waals surface area contributed by atoms with Gasteiger partial charge in [0.15, 0.2) is 5.75 Å². The average Bonchev–Trinajstić information content (AvgIpc) is 2.04. The molecule has 2 aliphatic heterocycles. The van der Waals surface area contributed by atoms with Gasteiger partial charge in [-0.3, -0.25) is 4.79 Å². The van der Waals surface area contributed by atoms with Crippen molar-refractivity contribution in [3.63, 3.8) is 0 Å². The molecule has 0 saturated carbocycles. The second-order valence-corrected chi connectivity index (χ2v) is 3.95. The third-order valence-electron chi connectivity index (χ3n) is 1.67. The van der Waals surface area contributed by atoms with Gasteiger partial charge in [-0.1, -0.05) is 6.08 Å². The maximum absolute atomic E-state index is 11.3. The lowest BCUT2D eigenvalue weighted by Crippen LogP contribution is -2.42. The van der Waals surface area contributed by atoms with E-state index in [4.69, 9.17) is 0 Å². The lowest BCUT2D eigenvalue weighted by Gasteiger charge is -2.23. The molecule has 12 heavy (non-hydrogen) atoms. The molecule has 0 fully saturated rings. The summed E-state index contributed by atoms with van der Waals surface area (Å²) in [4.78, 5) is 10.9. The number of hydrogen-bond donors (Lipinski definition) is 2. The van der Waals surface area contributed by atoms with Gasteiger partial charge in [0, 0.05) is 17.7 Å². The fourth-order valence-corrected chi connectivity index (χ4v) is 2.24. The summed E-state index contributed by atoms with van der Waals surface area (Å²) in [6, 6.07) is 0. The predicted octanol–water partition coefficient (Wildman–Crippen LogP) is -0.807. The molecule has 0 aromatic carbocycles. The quantitative estimate of drug-likeness (QED) is 0.484. The molecule has 1 unspecified atom stereocenters. The largest absolute Gasteiger partial charge is 0.610 e. The zero-order chi connectivity index (χ0) is 8.55. The molecular formula is C7H8N2O2S. The number of carbonyl (C=O) groups excluding carboxylic acids is 1. The number of rotatable bonds is 0. The number of hydrogen-bond acceptors (Lipinski definition) is 3. The van der Waals surface area contributed by atoms with E-state index in [-0.39, 0.29) is 11.7 Å². The summed E-state index contributed by atoms with van der Waals surface area (Å²) in [5.41, 5.74) is 0.649. The van der Waals surface area contributed by atoms with Crippen molar-refractivity contribution >= 4 is 17.1 Å². The minimum Gasteiger partial charge on any atom is -0.610 e. The molecule has 1 atom stereocenters. The zero-order valence-corrected chi connectivity index (χ0v) is 7.11. The van der Waals surface area contributed by atoms with Gasteiger partial charge in [0.05, 0.1) is 0 Å². The van der Waals surface area contributed by atoms with Crippen LogP contribution in [0.3, 0.4) is 0 Å². The molecule has 2 rings (SSSR count). The molecule has 1 amide bonds. The number of carbonyl (C=O) groups is 1. The Bertz CT molecular complexity index is 285. The monoisotopic (exact) mass is 184 g/mol. The van der Waals surface area contributed by atoms with Crippen LogP contribution in [0.4, 0.5) is 0 Å². The van der Waals surface area contributed by atoms with Crippen LogP contribution in [0.1, 0.15) is 0 Å². The predicted molar refractivity (Wildman–Crippen MR) is 45.3 cm³/mol. The van der Waals surface area contributed by atoms with Crippen molar-refractivity contribution in [2.75, 3.05) is 12.3 Å². The van der Waals surface area contributed by atoms with Crippen LogP contribution >= 0.6 is 0 Å². The van der Waals surface area contributed by atoms with Crippen molar-refractivity contribution in [2.24, 2.45) is 0 Å². The first-order chi connectivity index (χ1) is 5.77. The molecule has 0 spiro atoms. The second-order valence-electron chi connectivity index (χ2n) is 2.56. The first kappa shape index (κ1) is 7.70. The van der Waals surface area contributed by atoms with Crippen LogP contribution in [-0.2, 0) is 16.0 Å². The molecule has 0 aromatic heterocycles. The van der Waals surface area contributed by atoms with Gasteiger partial charge in [-0.2, -0.15) is 0 Å². The first-order valence-electron chi connectivity index (χ1n) is 3.60. The molecule has 0 aliphatic carbocycles. The first-order valence-corrected chi connectivity index (χ1v) is 4.92. The summed E-state index contributed by atoms with van der Waals surface area (Å²) >= 11 is -1.18. The van der Waals surface area contributed by atoms with E-state index in [9.17, 15) is 9.35 Å². The molecule has 0 saturated heterocycles. The van der Waals surface area contributed by atoms with E-state index in [2.05, 4.69) is 10.6 Å². The lowest BCUT2D eigenvalue weighted by molar-refractivity contribution is -0.118. The Morgan fingerprint density at radius 2 is 2.42 bits per heavy atom. The average molecular weight is 184 g/mol. The highest BCUT2D eigenvalue weighted by Crippen LogP contribution is 2.16. The molecular weight excluding hydrogens is 176 g/mol. The van der Waals surface area contributed by atoms with Crippen LogP contribution in [0, 0.1) is 0 Å². The fourth-order valence-electron chi connectivity index (χ4n) is 1.18. The van der Waals surface area contributed by atoms with E-state index >= 15 is 0 Å².